The molecule has 0 radical (unpaired) electrons. The van der Waals surface area contributed by atoms with Crippen LogP contribution in [0.4, 0.5) is 5.82 Å². The molecule has 1 fully saturated rings. The van der Waals surface area contributed by atoms with E-state index in [9.17, 15) is 10.1 Å². The first-order valence-corrected chi connectivity index (χ1v) is 14.4. The van der Waals surface area contributed by atoms with Crippen LogP contribution in [-0.2, 0) is 7.05 Å². The predicted octanol–water partition coefficient (Wildman–Crippen LogP) is 5.22. The van der Waals surface area contributed by atoms with Gasteiger partial charge >= 0.3 is 5.69 Å². The van der Waals surface area contributed by atoms with E-state index in [4.69, 9.17) is 23.2 Å². The smallest absolute Gasteiger partial charge is 0.349 e. The lowest BCUT2D eigenvalue weighted by molar-refractivity contribution is 0.187. The van der Waals surface area contributed by atoms with Gasteiger partial charge in [0.15, 0.2) is 0 Å². The number of nitriles is 1. The molecule has 1 atom stereocenters. The number of unbranched alkanes of at least 4 members (excludes halogenated alkanes) is 1. The molecule has 0 amide bonds. The maximum absolute atomic E-state index is 13.0. The van der Waals surface area contributed by atoms with Crippen molar-refractivity contribution >= 4 is 41.2 Å². The summed E-state index contributed by atoms with van der Waals surface area (Å²) in [4.78, 5) is 22.3. The minimum atomic E-state index is -0.312. The van der Waals surface area contributed by atoms with E-state index in [0.29, 0.717) is 28.0 Å². The van der Waals surface area contributed by atoms with Crippen molar-refractivity contribution in [2.75, 3.05) is 24.5 Å². The second kappa shape index (κ2) is 13.3. The Hall–Kier alpha value is -3.37. The molecule has 6 nitrogen and oxygen atoms in total. The number of allylic oxidation sites excluding steroid dienone is 2. The lowest BCUT2D eigenvalue weighted by atomic mass is 9.95. The summed E-state index contributed by atoms with van der Waals surface area (Å²) in [5.74, 6) is 0.701. The van der Waals surface area contributed by atoms with E-state index in [1.807, 2.05) is 30.3 Å². The third kappa shape index (κ3) is 6.67. The van der Waals surface area contributed by atoms with Gasteiger partial charge in [0.25, 0.3) is 0 Å². The second-order valence-electron chi connectivity index (χ2n) is 10.2. The zero-order valence-corrected chi connectivity index (χ0v) is 25.0. The number of hydrogen-bond donors (Lipinski definition) is 0. The Bertz CT molecular complexity index is 1540. The fraction of sp³-hybridized carbons (Fsp3) is 0.344. The topological polar surface area (TPSA) is 65.2 Å². The molecule has 1 saturated heterocycles. The molecule has 2 heterocycles. The molecule has 0 saturated carbocycles. The molecule has 0 spiro atoms. The molecule has 3 aromatic rings. The highest BCUT2D eigenvalue weighted by atomic mass is 35.5. The van der Waals surface area contributed by atoms with Gasteiger partial charge in [0.1, 0.15) is 5.82 Å². The number of anilines is 1. The van der Waals surface area contributed by atoms with Crippen molar-refractivity contribution in [3.05, 3.63) is 102 Å². The Kier molecular flexibility index (Phi) is 9.86. The predicted molar refractivity (Wildman–Crippen MR) is 165 cm³/mol. The third-order valence-corrected chi connectivity index (χ3v) is 7.84. The van der Waals surface area contributed by atoms with Crippen molar-refractivity contribution in [2.24, 2.45) is 7.05 Å². The van der Waals surface area contributed by atoms with E-state index in [-0.39, 0.29) is 17.8 Å². The highest BCUT2D eigenvalue weighted by Gasteiger charge is 2.31. The van der Waals surface area contributed by atoms with Crippen LogP contribution >= 0.6 is 23.2 Å². The Labute approximate surface area is 246 Å². The first-order chi connectivity index (χ1) is 19.2. The molecule has 0 bridgehead atoms. The van der Waals surface area contributed by atoms with Crippen LogP contribution in [0.2, 0.25) is 10.0 Å². The summed E-state index contributed by atoms with van der Waals surface area (Å²) in [5.41, 5.74) is 2.58. The van der Waals surface area contributed by atoms with Crippen LogP contribution in [0.1, 0.15) is 50.8 Å². The van der Waals surface area contributed by atoms with Gasteiger partial charge < -0.3 is 4.90 Å². The van der Waals surface area contributed by atoms with E-state index in [2.05, 4.69) is 65.0 Å². The van der Waals surface area contributed by atoms with Crippen LogP contribution in [0.3, 0.4) is 0 Å². The second-order valence-corrected chi connectivity index (χ2v) is 11.1. The molecule has 208 valence electrons. The highest BCUT2D eigenvalue weighted by molar-refractivity contribution is 6.30. The number of rotatable bonds is 7. The molecule has 1 aliphatic rings. The van der Waals surface area contributed by atoms with Crippen LogP contribution in [-0.4, -0.2) is 40.1 Å². The zero-order chi connectivity index (χ0) is 28.8. The van der Waals surface area contributed by atoms with Crippen LogP contribution in [0.15, 0.2) is 65.0 Å². The monoisotopic (exact) mass is 575 g/mol. The SMILES string of the molecule is CCC\C=c1/c(N2CCN(C(c3ccc(Cl)cc3)c3ccc(Cl)cc3)CC2C)nc(=O)n(C)/c1=C/C=C(\C)C#N. The standard InChI is InChI=1S/C32H35Cl2N5O/c1-5-6-7-28-29(17-8-22(2)20-35)37(4)32(40)36-31(28)39-19-18-38(21-23(39)3)30(24-9-13-26(33)14-10-24)25-11-15-27(34)16-12-25/h7-17,23,30H,5-6,18-19,21H2,1-4H3/b22-8+,28-7-,29-17+. The summed E-state index contributed by atoms with van der Waals surface area (Å²) in [6.07, 6.45) is 7.60. The van der Waals surface area contributed by atoms with Crippen molar-refractivity contribution < 1.29 is 0 Å². The van der Waals surface area contributed by atoms with Crippen LogP contribution < -0.4 is 21.2 Å². The quantitative estimate of drug-likeness (QED) is 0.361. The molecule has 0 aliphatic carbocycles. The van der Waals surface area contributed by atoms with Crippen LogP contribution in [0, 0.1) is 11.3 Å². The summed E-state index contributed by atoms with van der Waals surface area (Å²) in [7, 11) is 1.73. The normalized spacial score (nSPS) is 17.5. The summed E-state index contributed by atoms with van der Waals surface area (Å²) < 4.78 is 1.56. The van der Waals surface area contributed by atoms with Crippen molar-refractivity contribution in [3.63, 3.8) is 0 Å². The maximum atomic E-state index is 13.0. The highest BCUT2D eigenvalue weighted by Crippen LogP contribution is 2.32. The van der Waals surface area contributed by atoms with Gasteiger partial charge in [-0.25, -0.2) is 4.79 Å². The van der Waals surface area contributed by atoms with Gasteiger partial charge in [-0.05, 0) is 67.8 Å². The molecular formula is C32H35Cl2N5O. The Balaban J connectivity index is 1.75. The average molecular weight is 577 g/mol. The molecule has 4 rings (SSSR count). The number of hydrogen-bond acceptors (Lipinski definition) is 5. The summed E-state index contributed by atoms with van der Waals surface area (Å²) in [5, 5.41) is 12.3. The first-order valence-electron chi connectivity index (χ1n) is 13.6. The van der Waals surface area contributed by atoms with Crippen LogP contribution in [0.25, 0.3) is 12.2 Å². The number of halogens is 2. The fourth-order valence-corrected chi connectivity index (χ4v) is 5.46. The van der Waals surface area contributed by atoms with Gasteiger partial charge in [-0.1, -0.05) is 66.9 Å². The van der Waals surface area contributed by atoms with Crippen molar-refractivity contribution in [2.45, 2.75) is 45.7 Å². The molecule has 1 aliphatic heterocycles. The maximum Gasteiger partial charge on any atom is 0.349 e. The van der Waals surface area contributed by atoms with E-state index in [1.54, 1.807) is 24.6 Å². The molecule has 2 aromatic carbocycles. The molecule has 0 N–H and O–H groups in total. The minimum Gasteiger partial charge on any atom is -0.351 e. The van der Waals surface area contributed by atoms with Gasteiger partial charge in [-0.2, -0.15) is 10.2 Å². The van der Waals surface area contributed by atoms with Crippen molar-refractivity contribution in [1.82, 2.24) is 14.5 Å². The number of aromatic nitrogens is 2. The first kappa shape index (κ1) is 29.6. The number of benzene rings is 2. The minimum absolute atomic E-state index is 0.0323. The van der Waals surface area contributed by atoms with E-state index in [0.717, 1.165) is 47.6 Å². The van der Waals surface area contributed by atoms with Gasteiger partial charge in [0, 0.05) is 53.6 Å². The van der Waals surface area contributed by atoms with E-state index >= 15 is 0 Å². The molecular weight excluding hydrogens is 541 g/mol. The zero-order valence-electron chi connectivity index (χ0n) is 23.4. The van der Waals surface area contributed by atoms with E-state index in [1.165, 1.54) is 0 Å². The molecule has 1 unspecified atom stereocenters. The average Bonchev–Trinajstić information content (AvgIpc) is 2.95. The summed E-state index contributed by atoms with van der Waals surface area (Å²) in [6.45, 7) is 8.32. The van der Waals surface area contributed by atoms with Crippen LogP contribution in [0.5, 0.6) is 0 Å². The molecule has 40 heavy (non-hydrogen) atoms. The van der Waals surface area contributed by atoms with Gasteiger partial charge in [0.2, 0.25) is 0 Å². The third-order valence-electron chi connectivity index (χ3n) is 7.34. The van der Waals surface area contributed by atoms with Gasteiger partial charge in [-0.15, -0.1) is 0 Å². The lowest BCUT2D eigenvalue weighted by Crippen LogP contribution is -2.57. The largest absolute Gasteiger partial charge is 0.351 e. The van der Waals surface area contributed by atoms with Crippen molar-refractivity contribution in [3.8, 4) is 6.07 Å². The number of piperazine rings is 1. The fourth-order valence-electron chi connectivity index (χ4n) is 5.21. The number of nitrogens with zero attached hydrogens (tertiary/aromatic N) is 5. The molecule has 1 aromatic heterocycles. The summed E-state index contributed by atoms with van der Waals surface area (Å²) in [6, 6.07) is 18.3. The Morgan fingerprint density at radius 2 is 1.70 bits per heavy atom. The molecule has 8 heteroatoms. The Morgan fingerprint density at radius 1 is 1.10 bits per heavy atom. The van der Waals surface area contributed by atoms with Crippen molar-refractivity contribution in [1.29, 1.82) is 5.26 Å². The van der Waals surface area contributed by atoms with Gasteiger partial charge in [-0.3, -0.25) is 9.47 Å². The van der Waals surface area contributed by atoms with Gasteiger partial charge in [0.05, 0.1) is 17.5 Å². The van der Waals surface area contributed by atoms with E-state index < -0.39 is 0 Å². The lowest BCUT2D eigenvalue weighted by Gasteiger charge is -2.44. The summed E-state index contributed by atoms with van der Waals surface area (Å²) >= 11 is 12.4. The Morgan fingerprint density at radius 3 is 2.23 bits per heavy atom.